The Labute approximate surface area is 161 Å². The topological polar surface area (TPSA) is 78.7 Å². The van der Waals surface area contributed by atoms with Gasteiger partial charge < -0.3 is 10.0 Å². The van der Waals surface area contributed by atoms with Crippen molar-refractivity contribution in [2.24, 2.45) is 0 Å². The van der Waals surface area contributed by atoms with Crippen LogP contribution in [0.3, 0.4) is 0 Å². The molecule has 2 aromatic carbocycles. The smallest absolute Gasteiger partial charge is 0.266 e. The molecule has 3 heterocycles. The molecule has 1 fully saturated rings. The lowest BCUT2D eigenvalue weighted by atomic mass is 10.1. The van der Waals surface area contributed by atoms with Crippen molar-refractivity contribution in [2.75, 3.05) is 44.2 Å². The molecule has 3 aromatic rings. The van der Waals surface area contributed by atoms with E-state index in [0.29, 0.717) is 28.7 Å². The number of hydrogen-bond acceptors (Lipinski definition) is 6. The molecule has 0 saturated carbocycles. The van der Waals surface area contributed by atoms with E-state index >= 15 is 0 Å². The van der Waals surface area contributed by atoms with E-state index in [1.54, 1.807) is 18.2 Å². The van der Waals surface area contributed by atoms with Crippen LogP contribution in [0.25, 0.3) is 16.6 Å². The molecule has 1 aromatic heterocycles. The van der Waals surface area contributed by atoms with Crippen molar-refractivity contribution in [3.8, 4) is 5.69 Å². The minimum atomic E-state index is -0.211. The fourth-order valence-corrected chi connectivity index (χ4v) is 4.18. The molecule has 0 spiro atoms. The highest BCUT2D eigenvalue weighted by molar-refractivity contribution is 6.16. The summed E-state index contributed by atoms with van der Waals surface area (Å²) in [5.41, 5.74) is 2.34. The van der Waals surface area contributed by atoms with Gasteiger partial charge in [0.2, 0.25) is 5.78 Å². The maximum absolute atomic E-state index is 13.2. The second-order valence-electron chi connectivity index (χ2n) is 7.15. The number of hydrogen-bond donors (Lipinski definition) is 1. The van der Waals surface area contributed by atoms with E-state index in [9.17, 15) is 9.59 Å². The van der Waals surface area contributed by atoms with Crippen molar-refractivity contribution in [1.82, 2.24) is 14.5 Å². The summed E-state index contributed by atoms with van der Waals surface area (Å²) in [5, 5.41) is 9.64. The van der Waals surface area contributed by atoms with Crippen molar-refractivity contribution in [1.29, 1.82) is 0 Å². The lowest BCUT2D eigenvalue weighted by Crippen LogP contribution is -2.47. The maximum atomic E-state index is 13.2. The van der Waals surface area contributed by atoms with E-state index in [4.69, 9.17) is 5.11 Å². The van der Waals surface area contributed by atoms with Gasteiger partial charge in [-0.15, -0.1) is 0 Å². The summed E-state index contributed by atoms with van der Waals surface area (Å²) in [6.45, 7) is 4.00. The van der Waals surface area contributed by atoms with Crippen molar-refractivity contribution >= 4 is 22.4 Å². The molecule has 2 aliphatic rings. The van der Waals surface area contributed by atoms with E-state index in [2.05, 4.69) is 14.8 Å². The fraction of sp³-hybridized carbons (Fsp3) is 0.286. The third kappa shape index (κ3) is 2.47. The van der Waals surface area contributed by atoms with Crippen LogP contribution in [-0.4, -0.2) is 64.7 Å². The first-order valence-corrected chi connectivity index (χ1v) is 9.47. The fourth-order valence-electron chi connectivity index (χ4n) is 4.18. The van der Waals surface area contributed by atoms with Crippen LogP contribution in [0, 0.1) is 0 Å². The molecular weight excluding hydrogens is 356 g/mol. The van der Waals surface area contributed by atoms with E-state index < -0.39 is 0 Å². The van der Waals surface area contributed by atoms with Gasteiger partial charge in [-0.1, -0.05) is 18.2 Å². The standard InChI is InChI=1S/C21H20N4O3/c26-13-12-23-8-10-24(11-9-23)16-6-3-7-17-18(16)19(27)20-22-15-5-2-1-4-14(15)21(28)25(17)20/h1-7,26H,8-13H2. The predicted molar refractivity (Wildman–Crippen MR) is 107 cm³/mol. The average molecular weight is 376 g/mol. The SMILES string of the molecule is O=C1c2c(N3CCN(CCO)CC3)cccc2-n2c1nc1ccccc1c2=O. The molecule has 7 nitrogen and oxygen atoms in total. The molecule has 5 rings (SSSR count). The first-order chi connectivity index (χ1) is 13.7. The molecule has 1 saturated heterocycles. The maximum Gasteiger partial charge on any atom is 0.266 e. The molecule has 1 N–H and O–H groups in total. The largest absolute Gasteiger partial charge is 0.395 e. The normalized spacial score (nSPS) is 16.5. The number of aromatic nitrogens is 2. The number of piperazine rings is 1. The molecule has 7 heteroatoms. The minimum absolute atomic E-state index is 0.149. The Morgan fingerprint density at radius 3 is 2.46 bits per heavy atom. The summed E-state index contributed by atoms with van der Waals surface area (Å²) in [6.07, 6.45) is 0. The lowest BCUT2D eigenvalue weighted by molar-refractivity contribution is 0.103. The molecule has 0 amide bonds. The van der Waals surface area contributed by atoms with Gasteiger partial charge in [0, 0.05) is 32.7 Å². The number of carbonyl (C=O) groups excluding carboxylic acids is 1. The number of β-amino-alcohol motifs (C(OH)–C–C–N with tert-alkyl or cyclic N) is 1. The Kier molecular flexibility index (Phi) is 3.99. The van der Waals surface area contributed by atoms with E-state index in [0.717, 1.165) is 31.9 Å². The van der Waals surface area contributed by atoms with Crippen LogP contribution in [0.2, 0.25) is 0 Å². The number of rotatable bonds is 3. The second-order valence-corrected chi connectivity index (χ2v) is 7.15. The number of aliphatic hydroxyl groups is 1. The highest BCUT2D eigenvalue weighted by atomic mass is 16.3. The first kappa shape index (κ1) is 17.1. The number of ketones is 1. The number of anilines is 1. The molecule has 28 heavy (non-hydrogen) atoms. The number of benzene rings is 2. The van der Waals surface area contributed by atoms with Crippen LogP contribution in [0.4, 0.5) is 5.69 Å². The zero-order valence-corrected chi connectivity index (χ0v) is 15.3. The zero-order chi connectivity index (χ0) is 19.3. The number of aliphatic hydroxyl groups excluding tert-OH is 1. The van der Waals surface area contributed by atoms with Gasteiger partial charge in [0.05, 0.1) is 34.4 Å². The van der Waals surface area contributed by atoms with Gasteiger partial charge >= 0.3 is 0 Å². The summed E-state index contributed by atoms with van der Waals surface area (Å²) in [6, 6.07) is 12.8. The number of carbonyl (C=O) groups is 1. The van der Waals surface area contributed by atoms with Crippen molar-refractivity contribution in [3.63, 3.8) is 0 Å². The number of fused-ring (bicyclic) bond motifs is 4. The average Bonchev–Trinajstić information content (AvgIpc) is 3.02. The van der Waals surface area contributed by atoms with Gasteiger partial charge in [-0.05, 0) is 24.3 Å². The minimum Gasteiger partial charge on any atom is -0.395 e. The molecule has 0 aliphatic carbocycles. The van der Waals surface area contributed by atoms with E-state index in [1.807, 2.05) is 24.3 Å². The van der Waals surface area contributed by atoms with Crippen LogP contribution < -0.4 is 10.5 Å². The van der Waals surface area contributed by atoms with Gasteiger partial charge in [0.15, 0.2) is 5.82 Å². The molecule has 0 atom stereocenters. The summed E-state index contributed by atoms with van der Waals surface area (Å²) < 4.78 is 1.45. The van der Waals surface area contributed by atoms with Crippen molar-refractivity contribution < 1.29 is 9.90 Å². The monoisotopic (exact) mass is 376 g/mol. The third-order valence-corrected chi connectivity index (χ3v) is 5.60. The predicted octanol–water partition coefficient (Wildman–Crippen LogP) is 1.04. The van der Waals surface area contributed by atoms with Crippen molar-refractivity contribution in [3.05, 3.63) is 64.2 Å². The third-order valence-electron chi connectivity index (χ3n) is 5.60. The summed E-state index contributed by atoms with van der Waals surface area (Å²) in [5.74, 6) is -0.0173. The lowest BCUT2D eigenvalue weighted by Gasteiger charge is -2.36. The first-order valence-electron chi connectivity index (χ1n) is 9.47. The number of nitrogens with zero attached hydrogens (tertiary/aromatic N) is 4. The van der Waals surface area contributed by atoms with Gasteiger partial charge in [0.25, 0.3) is 5.56 Å². The summed E-state index contributed by atoms with van der Waals surface area (Å²) in [7, 11) is 0. The quantitative estimate of drug-likeness (QED) is 0.576. The molecule has 2 aliphatic heterocycles. The second kappa shape index (κ2) is 6.54. The van der Waals surface area contributed by atoms with E-state index in [1.165, 1.54) is 4.57 Å². The highest BCUT2D eigenvalue weighted by Gasteiger charge is 2.34. The summed E-state index contributed by atoms with van der Waals surface area (Å²) >= 11 is 0. The Bertz CT molecular complexity index is 1150. The Morgan fingerprint density at radius 2 is 1.68 bits per heavy atom. The molecule has 0 unspecified atom stereocenters. The Hall–Kier alpha value is -3.03. The molecule has 0 radical (unpaired) electrons. The van der Waals surface area contributed by atoms with Crippen LogP contribution in [0.1, 0.15) is 16.2 Å². The van der Waals surface area contributed by atoms with Gasteiger partial charge in [0.1, 0.15) is 0 Å². The highest BCUT2D eigenvalue weighted by Crippen LogP contribution is 2.34. The van der Waals surface area contributed by atoms with Gasteiger partial charge in [-0.3, -0.25) is 19.1 Å². The van der Waals surface area contributed by atoms with Crippen LogP contribution in [0.5, 0.6) is 0 Å². The molecule has 142 valence electrons. The molecule has 0 bridgehead atoms. The number of para-hydroxylation sites is 1. The zero-order valence-electron chi connectivity index (χ0n) is 15.3. The van der Waals surface area contributed by atoms with Gasteiger partial charge in [-0.2, -0.15) is 0 Å². The van der Waals surface area contributed by atoms with Crippen LogP contribution >= 0.6 is 0 Å². The van der Waals surface area contributed by atoms with Gasteiger partial charge in [-0.25, -0.2) is 4.98 Å². The summed E-state index contributed by atoms with van der Waals surface area (Å²) in [4.78, 5) is 35.2. The molecular formula is C21H20N4O3. The van der Waals surface area contributed by atoms with Crippen LogP contribution in [0.15, 0.2) is 47.3 Å². The van der Waals surface area contributed by atoms with Crippen molar-refractivity contribution in [2.45, 2.75) is 0 Å². The van der Waals surface area contributed by atoms with E-state index in [-0.39, 0.29) is 23.8 Å². The Balaban J connectivity index is 1.61. The Morgan fingerprint density at radius 1 is 0.929 bits per heavy atom. The van der Waals surface area contributed by atoms with Crippen LogP contribution in [-0.2, 0) is 0 Å².